The Morgan fingerprint density at radius 1 is 0.952 bits per heavy atom. The van der Waals surface area contributed by atoms with Crippen molar-refractivity contribution in [2.75, 3.05) is 7.05 Å². The Labute approximate surface area is 123 Å². The van der Waals surface area contributed by atoms with Crippen molar-refractivity contribution < 1.29 is 14.3 Å². The van der Waals surface area contributed by atoms with E-state index in [1.807, 2.05) is 18.2 Å². The Bertz CT molecular complexity index is 620. The molecule has 0 aliphatic heterocycles. The first kappa shape index (κ1) is 14.8. The van der Waals surface area contributed by atoms with Gasteiger partial charge in [-0.25, -0.2) is 0 Å². The zero-order valence-corrected chi connectivity index (χ0v) is 12.0. The highest BCUT2D eigenvalue weighted by Gasteiger charge is 2.13. The Hall–Kier alpha value is -2.62. The molecule has 0 aromatic heterocycles. The molecule has 1 N–H and O–H groups in total. The van der Waals surface area contributed by atoms with Crippen LogP contribution in [0.25, 0.3) is 0 Å². The van der Waals surface area contributed by atoms with E-state index >= 15 is 0 Å². The van der Waals surface area contributed by atoms with Crippen molar-refractivity contribution in [1.29, 1.82) is 0 Å². The van der Waals surface area contributed by atoms with Crippen LogP contribution in [0.4, 0.5) is 0 Å². The van der Waals surface area contributed by atoms with E-state index in [0.29, 0.717) is 16.9 Å². The number of ether oxygens (including phenoxy) is 1. The summed E-state index contributed by atoms with van der Waals surface area (Å²) in [4.78, 5) is 23.6. The van der Waals surface area contributed by atoms with E-state index in [1.54, 1.807) is 50.4 Å². The fourth-order valence-corrected chi connectivity index (χ4v) is 1.90. The molecule has 0 heterocycles. The number of hydrogen-bond acceptors (Lipinski definition) is 3. The molecule has 2 aromatic carbocycles. The molecule has 108 valence electrons. The van der Waals surface area contributed by atoms with Crippen molar-refractivity contribution >= 4 is 11.7 Å². The van der Waals surface area contributed by atoms with Crippen LogP contribution in [0, 0.1) is 0 Å². The molecule has 1 atom stereocenters. The fourth-order valence-electron chi connectivity index (χ4n) is 1.90. The van der Waals surface area contributed by atoms with Gasteiger partial charge in [-0.3, -0.25) is 9.59 Å². The van der Waals surface area contributed by atoms with Crippen molar-refractivity contribution in [3.63, 3.8) is 0 Å². The second-order valence-corrected chi connectivity index (χ2v) is 4.59. The lowest BCUT2D eigenvalue weighted by atomic mass is 10.0. The smallest absolute Gasteiger partial charge is 0.260 e. The number of carbonyl (C=O) groups is 2. The minimum absolute atomic E-state index is 0.0403. The zero-order chi connectivity index (χ0) is 15.2. The molecule has 0 aliphatic carbocycles. The lowest BCUT2D eigenvalue weighted by Crippen LogP contribution is -2.33. The molecule has 0 unspecified atom stereocenters. The van der Waals surface area contributed by atoms with E-state index in [-0.39, 0.29) is 11.7 Å². The van der Waals surface area contributed by atoms with E-state index in [0.717, 1.165) is 0 Å². The first-order valence-electron chi connectivity index (χ1n) is 6.70. The SMILES string of the molecule is CNC(=O)[C@@H](C)Oc1ccc(C(=O)c2ccccc2)cc1. The summed E-state index contributed by atoms with van der Waals surface area (Å²) in [5, 5.41) is 2.52. The molecule has 0 aliphatic rings. The van der Waals surface area contributed by atoms with Crippen molar-refractivity contribution in [2.45, 2.75) is 13.0 Å². The number of nitrogens with one attached hydrogen (secondary N) is 1. The van der Waals surface area contributed by atoms with Crippen molar-refractivity contribution in [1.82, 2.24) is 5.32 Å². The summed E-state index contributed by atoms with van der Waals surface area (Å²) >= 11 is 0. The van der Waals surface area contributed by atoms with Gasteiger partial charge in [-0.15, -0.1) is 0 Å². The summed E-state index contributed by atoms with van der Waals surface area (Å²) in [6.07, 6.45) is -0.578. The standard InChI is InChI=1S/C17H17NO3/c1-12(17(20)18-2)21-15-10-8-14(9-11-15)16(19)13-6-4-3-5-7-13/h3-12H,1-2H3,(H,18,20)/t12-/m1/s1. The minimum atomic E-state index is -0.578. The third kappa shape index (κ3) is 3.69. The number of rotatable bonds is 5. The number of likely N-dealkylation sites (N-methyl/N-ethyl adjacent to an activating group) is 1. The van der Waals surface area contributed by atoms with Gasteiger partial charge in [0.15, 0.2) is 11.9 Å². The van der Waals surface area contributed by atoms with Gasteiger partial charge in [0.2, 0.25) is 0 Å². The molecule has 0 spiro atoms. The summed E-state index contributed by atoms with van der Waals surface area (Å²) in [5.41, 5.74) is 1.23. The van der Waals surface area contributed by atoms with Gasteiger partial charge in [0, 0.05) is 18.2 Å². The second kappa shape index (κ2) is 6.70. The summed E-state index contributed by atoms with van der Waals surface area (Å²) in [6, 6.07) is 15.9. The molecular weight excluding hydrogens is 266 g/mol. The van der Waals surface area contributed by atoms with Gasteiger partial charge in [-0.2, -0.15) is 0 Å². The molecule has 0 saturated heterocycles. The third-order valence-corrected chi connectivity index (χ3v) is 3.08. The average molecular weight is 283 g/mol. The molecule has 4 heteroatoms. The molecule has 0 fully saturated rings. The fraction of sp³-hybridized carbons (Fsp3) is 0.176. The third-order valence-electron chi connectivity index (χ3n) is 3.08. The Balaban J connectivity index is 2.09. The van der Waals surface area contributed by atoms with Crippen molar-refractivity contribution in [3.05, 3.63) is 65.7 Å². The quantitative estimate of drug-likeness (QED) is 0.857. The maximum Gasteiger partial charge on any atom is 0.260 e. The molecule has 1 amide bonds. The predicted molar refractivity (Wildman–Crippen MR) is 80.5 cm³/mol. The first-order valence-corrected chi connectivity index (χ1v) is 6.70. The number of amides is 1. The molecule has 21 heavy (non-hydrogen) atoms. The Kier molecular flexibility index (Phi) is 4.72. The number of carbonyl (C=O) groups excluding carboxylic acids is 2. The summed E-state index contributed by atoms with van der Waals surface area (Å²) in [6.45, 7) is 1.67. The number of benzene rings is 2. The molecule has 0 radical (unpaired) electrons. The van der Waals surface area contributed by atoms with E-state index in [9.17, 15) is 9.59 Å². The van der Waals surface area contributed by atoms with Gasteiger partial charge in [0.25, 0.3) is 5.91 Å². The normalized spacial score (nSPS) is 11.5. The molecule has 4 nitrogen and oxygen atoms in total. The van der Waals surface area contributed by atoms with Gasteiger partial charge in [0.05, 0.1) is 0 Å². The molecular formula is C17H17NO3. The molecule has 0 saturated carbocycles. The van der Waals surface area contributed by atoms with Crippen LogP contribution in [0.3, 0.4) is 0 Å². The van der Waals surface area contributed by atoms with Gasteiger partial charge in [0.1, 0.15) is 5.75 Å². The minimum Gasteiger partial charge on any atom is -0.481 e. The predicted octanol–water partition coefficient (Wildman–Crippen LogP) is 2.43. The largest absolute Gasteiger partial charge is 0.481 e. The summed E-state index contributed by atoms with van der Waals surface area (Å²) < 4.78 is 5.48. The van der Waals surface area contributed by atoms with Crippen molar-refractivity contribution in [3.8, 4) is 5.75 Å². The highest BCUT2D eigenvalue weighted by atomic mass is 16.5. The Morgan fingerprint density at radius 2 is 1.52 bits per heavy atom. The monoisotopic (exact) mass is 283 g/mol. The molecule has 2 aromatic rings. The van der Waals surface area contributed by atoms with Gasteiger partial charge >= 0.3 is 0 Å². The van der Waals surface area contributed by atoms with E-state index < -0.39 is 6.10 Å². The second-order valence-electron chi connectivity index (χ2n) is 4.59. The maximum absolute atomic E-state index is 12.2. The molecule has 0 bridgehead atoms. The van der Waals surface area contributed by atoms with E-state index in [2.05, 4.69) is 5.32 Å². The van der Waals surface area contributed by atoms with Crippen LogP contribution in [0.2, 0.25) is 0 Å². The van der Waals surface area contributed by atoms with E-state index in [4.69, 9.17) is 4.74 Å². The van der Waals surface area contributed by atoms with E-state index in [1.165, 1.54) is 0 Å². The highest BCUT2D eigenvalue weighted by molar-refractivity contribution is 6.08. The van der Waals surface area contributed by atoms with Crippen molar-refractivity contribution in [2.24, 2.45) is 0 Å². The van der Waals surface area contributed by atoms with Crippen LogP contribution in [-0.2, 0) is 4.79 Å². The van der Waals surface area contributed by atoms with Crippen LogP contribution < -0.4 is 10.1 Å². The lowest BCUT2D eigenvalue weighted by molar-refractivity contribution is -0.126. The topological polar surface area (TPSA) is 55.4 Å². The van der Waals surface area contributed by atoms with Crippen LogP contribution in [0.1, 0.15) is 22.8 Å². The average Bonchev–Trinajstić information content (AvgIpc) is 2.55. The maximum atomic E-state index is 12.2. The summed E-state index contributed by atoms with van der Waals surface area (Å²) in [5.74, 6) is 0.316. The first-order chi connectivity index (χ1) is 10.1. The summed E-state index contributed by atoms with van der Waals surface area (Å²) in [7, 11) is 1.56. The Morgan fingerprint density at radius 3 is 2.10 bits per heavy atom. The zero-order valence-electron chi connectivity index (χ0n) is 12.0. The van der Waals surface area contributed by atoms with Crippen LogP contribution in [-0.4, -0.2) is 24.8 Å². The molecule has 2 rings (SSSR count). The number of hydrogen-bond donors (Lipinski definition) is 1. The van der Waals surface area contributed by atoms with Gasteiger partial charge in [-0.05, 0) is 31.2 Å². The van der Waals surface area contributed by atoms with Gasteiger partial charge in [-0.1, -0.05) is 30.3 Å². The van der Waals surface area contributed by atoms with Gasteiger partial charge < -0.3 is 10.1 Å². The highest BCUT2D eigenvalue weighted by Crippen LogP contribution is 2.16. The van der Waals surface area contributed by atoms with Crippen LogP contribution in [0.5, 0.6) is 5.75 Å². The van der Waals surface area contributed by atoms with Crippen LogP contribution >= 0.6 is 0 Å². The number of ketones is 1. The van der Waals surface area contributed by atoms with Crippen LogP contribution in [0.15, 0.2) is 54.6 Å². The lowest BCUT2D eigenvalue weighted by Gasteiger charge is -2.13.